The second kappa shape index (κ2) is 4.21. The van der Waals surface area contributed by atoms with E-state index in [1.165, 1.54) is 0 Å². The van der Waals surface area contributed by atoms with E-state index in [0.29, 0.717) is 6.61 Å². The van der Waals surface area contributed by atoms with Crippen LogP contribution in [0.3, 0.4) is 0 Å². The van der Waals surface area contributed by atoms with Crippen LogP contribution in [0.2, 0.25) is 0 Å². The lowest BCUT2D eigenvalue weighted by Crippen LogP contribution is -2.37. The van der Waals surface area contributed by atoms with E-state index in [4.69, 9.17) is 9.79 Å². The van der Waals surface area contributed by atoms with Crippen LogP contribution in [0, 0.1) is 0 Å². The molecule has 1 atom stereocenters. The maximum Gasteiger partial charge on any atom is 0.532 e. The largest absolute Gasteiger partial charge is 0.532 e. The molecule has 1 unspecified atom stereocenters. The molecule has 0 heterocycles. The Morgan fingerprint density at radius 1 is 1.50 bits per heavy atom. The van der Waals surface area contributed by atoms with E-state index in [-0.39, 0.29) is 0 Å². The molecule has 0 aliphatic carbocycles. The zero-order chi connectivity index (χ0) is 8.20. The van der Waals surface area contributed by atoms with Crippen LogP contribution in [-0.2, 0) is 4.52 Å². The Morgan fingerprint density at radius 2 is 2.00 bits per heavy atom. The summed E-state index contributed by atoms with van der Waals surface area (Å²) < 4.78 is 5.48. The first kappa shape index (κ1) is 10.3. The Bertz CT molecular complexity index is 91.4. The lowest BCUT2D eigenvalue weighted by atomic mass is 10.5. The Balaban J connectivity index is 3.21. The molecular formula is C5H16NO3P+2. The van der Waals surface area contributed by atoms with Gasteiger partial charge in [-0.3, -0.25) is 9.42 Å². The van der Waals surface area contributed by atoms with Crippen LogP contribution in [0.25, 0.3) is 0 Å². The second-order valence-corrected chi connectivity index (χ2v) is 3.92. The molecule has 5 heteroatoms. The maximum absolute atomic E-state index is 8.45. The second-order valence-electron chi connectivity index (χ2n) is 3.12. The van der Waals surface area contributed by atoms with Gasteiger partial charge in [0.1, 0.15) is 13.2 Å². The Hall–Kier alpha value is 0.270. The molecule has 0 spiro atoms. The molecule has 3 N–H and O–H groups in total. The fourth-order valence-corrected chi connectivity index (χ4v) is 0.656. The third-order valence-corrected chi connectivity index (χ3v) is 1.40. The van der Waals surface area contributed by atoms with Gasteiger partial charge in [0.05, 0.1) is 21.1 Å². The molecule has 0 aromatic rings. The summed E-state index contributed by atoms with van der Waals surface area (Å²) in [6.45, 7) is 1.27. The van der Waals surface area contributed by atoms with Gasteiger partial charge in [0, 0.05) is 0 Å². The lowest BCUT2D eigenvalue weighted by molar-refractivity contribution is -0.870. The minimum absolute atomic E-state index is 0.454. The van der Waals surface area contributed by atoms with Gasteiger partial charge in [0.2, 0.25) is 0 Å². The summed E-state index contributed by atoms with van der Waals surface area (Å²) in [6.07, 6.45) is 0. The highest BCUT2D eigenvalue weighted by Gasteiger charge is 2.11. The standard InChI is InChI=1S/C5H15NO3P/c1-6(2,3)4-5-9-10(7)8/h7-8H,4-5H2,1-3H3/q+1/p+1. The van der Waals surface area contributed by atoms with Crippen molar-refractivity contribution in [2.24, 2.45) is 0 Å². The highest BCUT2D eigenvalue weighted by atomic mass is 31.2. The van der Waals surface area contributed by atoms with Crippen molar-refractivity contribution in [3.63, 3.8) is 0 Å². The van der Waals surface area contributed by atoms with Gasteiger partial charge in [0.25, 0.3) is 0 Å². The summed E-state index contributed by atoms with van der Waals surface area (Å²) in [5.41, 5.74) is 0. The quantitative estimate of drug-likeness (QED) is 0.355. The van der Waals surface area contributed by atoms with Crippen LogP contribution < -0.4 is 0 Å². The Kier molecular flexibility index (Phi) is 4.32. The highest BCUT2D eigenvalue weighted by molar-refractivity contribution is 7.39. The number of likely N-dealkylation sites (N-methyl/N-ethyl adjacent to an activating group) is 1. The van der Waals surface area contributed by atoms with Gasteiger partial charge in [-0.1, -0.05) is 0 Å². The maximum atomic E-state index is 8.45. The number of rotatable bonds is 4. The Labute approximate surface area is 62.6 Å². The van der Waals surface area contributed by atoms with Crippen molar-refractivity contribution in [1.82, 2.24) is 0 Å². The third-order valence-electron chi connectivity index (χ3n) is 0.976. The minimum atomic E-state index is -1.91. The molecule has 0 fully saturated rings. The van der Waals surface area contributed by atoms with Crippen molar-refractivity contribution >= 4 is 8.60 Å². The molecular weight excluding hydrogens is 153 g/mol. The number of nitrogens with zero attached hydrogens (tertiary/aromatic N) is 1. The first-order valence-electron chi connectivity index (χ1n) is 3.05. The van der Waals surface area contributed by atoms with Gasteiger partial charge in [-0.05, 0) is 0 Å². The molecule has 0 aliphatic heterocycles. The van der Waals surface area contributed by atoms with E-state index in [9.17, 15) is 0 Å². The summed E-state index contributed by atoms with van der Waals surface area (Å²) in [7, 11) is 4.19. The molecule has 4 nitrogen and oxygen atoms in total. The first-order chi connectivity index (χ1) is 4.42. The van der Waals surface area contributed by atoms with Crippen LogP contribution in [0.5, 0.6) is 0 Å². The summed E-state index contributed by atoms with van der Waals surface area (Å²) in [6, 6.07) is 0. The molecule has 0 saturated carbocycles. The molecule has 0 aromatic carbocycles. The molecule has 0 radical (unpaired) electrons. The molecule has 0 amide bonds. The average Bonchev–Trinajstić information content (AvgIpc) is 1.59. The highest BCUT2D eigenvalue weighted by Crippen LogP contribution is 2.23. The van der Waals surface area contributed by atoms with Crippen molar-refractivity contribution in [2.45, 2.75) is 0 Å². The Morgan fingerprint density at radius 3 is 2.30 bits per heavy atom. The van der Waals surface area contributed by atoms with Gasteiger partial charge in [-0.15, -0.1) is 0 Å². The number of hydrogen-bond acceptors (Lipinski definition) is 2. The predicted octanol–water partition coefficient (Wildman–Crippen LogP) is -0.347. The zero-order valence-corrected chi connectivity index (χ0v) is 7.56. The zero-order valence-electron chi connectivity index (χ0n) is 6.66. The number of hydrogen-bond donors (Lipinski definition) is 1. The van der Waals surface area contributed by atoms with Crippen molar-refractivity contribution in [2.75, 3.05) is 34.3 Å². The van der Waals surface area contributed by atoms with Crippen LogP contribution in [0.4, 0.5) is 0 Å². The van der Waals surface area contributed by atoms with Crippen molar-refractivity contribution < 1.29 is 18.8 Å². The summed E-state index contributed by atoms with van der Waals surface area (Å²) >= 11 is 0. The molecule has 62 valence electrons. The van der Waals surface area contributed by atoms with Crippen molar-refractivity contribution in [1.29, 1.82) is 0 Å². The summed E-state index contributed by atoms with van der Waals surface area (Å²) in [5.74, 6) is 0. The van der Waals surface area contributed by atoms with Crippen LogP contribution in [0.15, 0.2) is 0 Å². The van der Waals surface area contributed by atoms with Gasteiger partial charge in [0.15, 0.2) is 0 Å². The van der Waals surface area contributed by atoms with Crippen LogP contribution in [0.1, 0.15) is 0 Å². The number of quaternary nitrogens is 1. The topological polar surface area (TPSA) is 52.4 Å². The lowest BCUT2D eigenvalue weighted by Gasteiger charge is -2.22. The third kappa shape index (κ3) is 8.27. The fourth-order valence-electron chi connectivity index (χ4n) is 0.401. The van der Waals surface area contributed by atoms with Crippen molar-refractivity contribution in [3.8, 4) is 0 Å². The van der Waals surface area contributed by atoms with E-state index >= 15 is 0 Å². The normalized spacial score (nSPS) is 15.3. The van der Waals surface area contributed by atoms with Gasteiger partial charge < -0.3 is 9.38 Å². The van der Waals surface area contributed by atoms with E-state index in [1.807, 2.05) is 21.1 Å². The smallest absolute Gasteiger partial charge is 0.391 e. The van der Waals surface area contributed by atoms with Gasteiger partial charge in [-0.25, -0.2) is 0 Å². The fraction of sp³-hybridized carbons (Fsp3) is 1.00. The average molecular weight is 169 g/mol. The van der Waals surface area contributed by atoms with E-state index in [1.54, 1.807) is 0 Å². The molecule has 0 aromatic heterocycles. The monoisotopic (exact) mass is 169 g/mol. The van der Waals surface area contributed by atoms with E-state index < -0.39 is 8.60 Å². The summed E-state index contributed by atoms with van der Waals surface area (Å²) in [5, 5.41) is 0. The summed E-state index contributed by atoms with van der Waals surface area (Å²) in [4.78, 5) is 15.1. The molecule has 0 bridgehead atoms. The van der Waals surface area contributed by atoms with E-state index in [0.717, 1.165) is 11.0 Å². The van der Waals surface area contributed by atoms with Gasteiger partial charge in [-0.2, -0.15) is 0 Å². The first-order valence-corrected chi connectivity index (χ1v) is 4.27. The molecule has 0 saturated heterocycles. The van der Waals surface area contributed by atoms with Crippen molar-refractivity contribution in [3.05, 3.63) is 0 Å². The molecule has 0 rings (SSSR count). The molecule has 10 heavy (non-hydrogen) atoms. The van der Waals surface area contributed by atoms with Crippen LogP contribution in [-0.4, -0.2) is 48.6 Å². The van der Waals surface area contributed by atoms with Gasteiger partial charge >= 0.3 is 8.60 Å². The SMILES string of the molecule is C[N+](C)(C)CCOP(O)[OH2+]. The minimum Gasteiger partial charge on any atom is -0.391 e. The molecule has 0 aliphatic rings. The van der Waals surface area contributed by atoms with E-state index in [2.05, 4.69) is 4.52 Å². The van der Waals surface area contributed by atoms with Crippen LogP contribution >= 0.6 is 8.60 Å². The predicted molar refractivity (Wildman–Crippen MR) is 41.6 cm³/mol.